The first-order valence-corrected chi connectivity index (χ1v) is 13.0. The number of nitrogens with one attached hydrogen (secondary N) is 2. The topological polar surface area (TPSA) is 78.5 Å². The summed E-state index contributed by atoms with van der Waals surface area (Å²) in [5.74, 6) is -0.211. The van der Waals surface area contributed by atoms with Crippen molar-refractivity contribution in [3.05, 3.63) is 89.5 Å². The number of amides is 1. The Balaban J connectivity index is 1.41. The van der Waals surface area contributed by atoms with Crippen molar-refractivity contribution in [2.45, 2.75) is 25.9 Å². The minimum atomic E-state index is -3.35. The highest BCUT2D eigenvalue weighted by atomic mass is 32.2. The number of nitrogens with zero attached hydrogens (tertiary/aromatic N) is 1. The third-order valence-electron chi connectivity index (χ3n) is 5.78. The van der Waals surface area contributed by atoms with Crippen molar-refractivity contribution in [1.82, 2.24) is 10.2 Å². The summed E-state index contributed by atoms with van der Waals surface area (Å²) in [6.07, 6.45) is 3.67. The maximum Gasteiger partial charge on any atom is 0.251 e. The van der Waals surface area contributed by atoms with Gasteiger partial charge in [-0.25, -0.2) is 8.42 Å². The summed E-state index contributed by atoms with van der Waals surface area (Å²) >= 11 is 0. The molecule has 0 spiro atoms. The summed E-state index contributed by atoms with van der Waals surface area (Å²) in [5, 5.41) is 2.97. The summed E-state index contributed by atoms with van der Waals surface area (Å²) in [6.45, 7) is 3.76. The molecular formula is C26H29N3O3S. The normalized spacial score (nSPS) is 14.2. The molecule has 1 heterocycles. The van der Waals surface area contributed by atoms with Gasteiger partial charge in [-0.15, -0.1) is 0 Å². The lowest BCUT2D eigenvalue weighted by molar-refractivity contribution is 0.0951. The minimum Gasteiger partial charge on any atom is -0.348 e. The highest BCUT2D eigenvalue weighted by Gasteiger charge is 2.13. The fourth-order valence-corrected chi connectivity index (χ4v) is 4.69. The molecule has 2 N–H and O–H groups in total. The van der Waals surface area contributed by atoms with Crippen molar-refractivity contribution in [1.29, 1.82) is 0 Å². The van der Waals surface area contributed by atoms with Crippen LogP contribution < -0.4 is 10.0 Å². The molecule has 1 fully saturated rings. The Hall–Kier alpha value is -3.16. The second-order valence-electron chi connectivity index (χ2n) is 8.47. The van der Waals surface area contributed by atoms with Crippen LogP contribution in [0.15, 0.2) is 72.8 Å². The van der Waals surface area contributed by atoms with E-state index in [2.05, 4.69) is 45.3 Å². The second-order valence-corrected chi connectivity index (χ2v) is 10.2. The molecule has 0 bridgehead atoms. The Morgan fingerprint density at radius 2 is 1.58 bits per heavy atom. The third kappa shape index (κ3) is 6.43. The van der Waals surface area contributed by atoms with Gasteiger partial charge in [0, 0.05) is 24.3 Å². The van der Waals surface area contributed by atoms with Crippen LogP contribution in [0.1, 0.15) is 34.3 Å². The number of sulfonamides is 1. The van der Waals surface area contributed by atoms with E-state index in [1.807, 2.05) is 18.2 Å². The standard InChI is InChI=1S/C26H29N3O3S/c1-33(31,32)28-24-14-12-22(13-15-24)26(30)27-18-23-6-2-3-7-25(23)21-10-8-20(9-11-21)19-29-16-4-5-17-29/h2-3,6-15,28H,4-5,16-19H2,1H3,(H,27,30). The largest absolute Gasteiger partial charge is 0.348 e. The molecule has 1 aliphatic heterocycles. The lowest BCUT2D eigenvalue weighted by atomic mass is 9.98. The molecule has 0 aromatic heterocycles. The van der Waals surface area contributed by atoms with Crippen LogP contribution in [0.25, 0.3) is 11.1 Å². The molecule has 7 heteroatoms. The number of carbonyl (C=O) groups excluding carboxylic acids is 1. The molecule has 6 nitrogen and oxygen atoms in total. The van der Waals surface area contributed by atoms with Crippen molar-refractivity contribution in [3.63, 3.8) is 0 Å². The Morgan fingerprint density at radius 1 is 0.909 bits per heavy atom. The summed E-state index contributed by atoms with van der Waals surface area (Å²) in [6, 6.07) is 23.1. The van der Waals surface area contributed by atoms with Crippen molar-refractivity contribution >= 4 is 21.6 Å². The van der Waals surface area contributed by atoms with Crippen LogP contribution in [0.3, 0.4) is 0 Å². The van der Waals surface area contributed by atoms with Gasteiger partial charge in [-0.2, -0.15) is 0 Å². The maximum atomic E-state index is 12.6. The number of rotatable bonds is 8. The van der Waals surface area contributed by atoms with Gasteiger partial charge in [0.1, 0.15) is 0 Å². The van der Waals surface area contributed by atoms with Gasteiger partial charge in [0.25, 0.3) is 5.91 Å². The molecule has 1 aliphatic rings. The zero-order chi connectivity index (χ0) is 23.3. The molecule has 1 saturated heterocycles. The molecule has 0 radical (unpaired) electrons. The zero-order valence-corrected chi connectivity index (χ0v) is 19.6. The van der Waals surface area contributed by atoms with Crippen LogP contribution in [0.2, 0.25) is 0 Å². The monoisotopic (exact) mass is 463 g/mol. The Kier molecular flexibility index (Phi) is 7.11. The van der Waals surface area contributed by atoms with Gasteiger partial charge in [-0.3, -0.25) is 14.4 Å². The second kappa shape index (κ2) is 10.2. The number of hydrogen-bond acceptors (Lipinski definition) is 4. The number of anilines is 1. The highest BCUT2D eigenvalue weighted by Crippen LogP contribution is 2.25. The first-order valence-electron chi connectivity index (χ1n) is 11.1. The van der Waals surface area contributed by atoms with Gasteiger partial charge in [-0.1, -0.05) is 48.5 Å². The predicted octanol–water partition coefficient (Wildman–Crippen LogP) is 4.25. The molecule has 3 aromatic carbocycles. The van der Waals surface area contributed by atoms with Crippen molar-refractivity contribution < 1.29 is 13.2 Å². The third-order valence-corrected chi connectivity index (χ3v) is 6.38. The lowest BCUT2D eigenvalue weighted by Gasteiger charge is -2.15. The molecule has 0 unspecified atom stereocenters. The zero-order valence-electron chi connectivity index (χ0n) is 18.8. The molecular weight excluding hydrogens is 434 g/mol. The van der Waals surface area contributed by atoms with E-state index < -0.39 is 10.0 Å². The van der Waals surface area contributed by atoms with E-state index in [0.29, 0.717) is 17.8 Å². The molecule has 1 amide bonds. The van der Waals surface area contributed by atoms with Crippen LogP contribution in [0.4, 0.5) is 5.69 Å². The lowest BCUT2D eigenvalue weighted by Crippen LogP contribution is -2.23. The number of carbonyl (C=O) groups is 1. The van der Waals surface area contributed by atoms with Crippen LogP contribution in [-0.4, -0.2) is 38.6 Å². The minimum absolute atomic E-state index is 0.211. The van der Waals surface area contributed by atoms with Gasteiger partial charge >= 0.3 is 0 Å². The van der Waals surface area contributed by atoms with E-state index in [1.54, 1.807) is 24.3 Å². The van der Waals surface area contributed by atoms with Crippen LogP contribution >= 0.6 is 0 Å². The Bertz CT molecular complexity index is 1200. The van der Waals surface area contributed by atoms with Gasteiger partial charge in [0.2, 0.25) is 10.0 Å². The van der Waals surface area contributed by atoms with E-state index in [9.17, 15) is 13.2 Å². The molecule has 172 valence electrons. The fraction of sp³-hybridized carbons (Fsp3) is 0.269. The molecule has 0 saturated carbocycles. The quantitative estimate of drug-likeness (QED) is 0.524. The Morgan fingerprint density at radius 3 is 2.24 bits per heavy atom. The average molecular weight is 464 g/mol. The highest BCUT2D eigenvalue weighted by molar-refractivity contribution is 7.92. The Labute approximate surface area is 195 Å². The van der Waals surface area contributed by atoms with Crippen molar-refractivity contribution in [2.75, 3.05) is 24.1 Å². The van der Waals surface area contributed by atoms with Crippen LogP contribution in [0.5, 0.6) is 0 Å². The first-order chi connectivity index (χ1) is 15.9. The number of hydrogen-bond donors (Lipinski definition) is 2. The number of likely N-dealkylation sites (tertiary alicyclic amines) is 1. The molecule has 4 rings (SSSR count). The van der Waals surface area contributed by atoms with E-state index >= 15 is 0 Å². The summed E-state index contributed by atoms with van der Waals surface area (Å²) in [4.78, 5) is 15.1. The fourth-order valence-electron chi connectivity index (χ4n) is 4.13. The average Bonchev–Trinajstić information content (AvgIpc) is 3.31. The molecule has 0 aliphatic carbocycles. The van der Waals surface area contributed by atoms with Crippen molar-refractivity contribution in [2.24, 2.45) is 0 Å². The smallest absolute Gasteiger partial charge is 0.251 e. The maximum absolute atomic E-state index is 12.6. The molecule has 0 atom stereocenters. The van der Waals surface area contributed by atoms with Gasteiger partial charge in [0.15, 0.2) is 0 Å². The van der Waals surface area contributed by atoms with E-state index in [0.717, 1.165) is 29.5 Å². The first kappa shape index (κ1) is 23.0. The SMILES string of the molecule is CS(=O)(=O)Nc1ccc(C(=O)NCc2ccccc2-c2ccc(CN3CCCC3)cc2)cc1. The summed E-state index contributed by atoms with van der Waals surface area (Å²) in [5.41, 5.74) is 5.47. The van der Waals surface area contributed by atoms with Gasteiger partial charge < -0.3 is 5.32 Å². The molecule has 33 heavy (non-hydrogen) atoms. The van der Waals surface area contributed by atoms with Crippen LogP contribution in [-0.2, 0) is 23.1 Å². The van der Waals surface area contributed by atoms with Gasteiger partial charge in [0.05, 0.1) is 6.26 Å². The summed E-state index contributed by atoms with van der Waals surface area (Å²) in [7, 11) is -3.35. The van der Waals surface area contributed by atoms with E-state index in [-0.39, 0.29) is 5.91 Å². The number of benzene rings is 3. The summed E-state index contributed by atoms with van der Waals surface area (Å²) < 4.78 is 25.1. The van der Waals surface area contributed by atoms with Gasteiger partial charge in [-0.05, 0) is 72.5 Å². The van der Waals surface area contributed by atoms with E-state index in [1.165, 1.54) is 31.5 Å². The van der Waals surface area contributed by atoms with Crippen LogP contribution in [0, 0.1) is 0 Å². The van der Waals surface area contributed by atoms with Crippen molar-refractivity contribution in [3.8, 4) is 11.1 Å². The van der Waals surface area contributed by atoms with E-state index in [4.69, 9.17) is 0 Å². The predicted molar refractivity (Wildman–Crippen MR) is 132 cm³/mol. The molecule has 3 aromatic rings.